The quantitative estimate of drug-likeness (QED) is 0.824. The fourth-order valence-electron chi connectivity index (χ4n) is 2.50. The van der Waals surface area contributed by atoms with Crippen LogP contribution in [0.15, 0.2) is 24.3 Å². The summed E-state index contributed by atoms with van der Waals surface area (Å²) in [6.07, 6.45) is 0.180. The second-order valence-corrected chi connectivity index (χ2v) is 6.15. The van der Waals surface area contributed by atoms with Crippen LogP contribution in [-0.4, -0.2) is 40.9 Å². The van der Waals surface area contributed by atoms with Crippen molar-refractivity contribution < 1.29 is 19.5 Å². The molecule has 2 rings (SSSR count). The zero-order chi connectivity index (χ0) is 17.0. The minimum Gasteiger partial charge on any atom is -0.481 e. The first-order chi connectivity index (χ1) is 10.9. The van der Waals surface area contributed by atoms with Crippen LogP contribution < -0.4 is 5.32 Å². The van der Waals surface area contributed by atoms with Crippen LogP contribution >= 0.6 is 0 Å². The van der Waals surface area contributed by atoms with Crippen LogP contribution in [0.5, 0.6) is 0 Å². The average Bonchev–Trinajstić information content (AvgIpc) is 2.87. The number of hydrogen-bond donors (Lipinski definition) is 2. The summed E-state index contributed by atoms with van der Waals surface area (Å²) in [4.78, 5) is 36.6. The highest BCUT2D eigenvalue weighted by molar-refractivity contribution is 5.89. The predicted molar refractivity (Wildman–Crippen MR) is 84.5 cm³/mol. The van der Waals surface area contributed by atoms with Gasteiger partial charge in [-0.3, -0.25) is 14.4 Å². The molecule has 0 unspecified atom stereocenters. The Labute approximate surface area is 135 Å². The Hall–Kier alpha value is -2.37. The van der Waals surface area contributed by atoms with Crippen LogP contribution in [0.4, 0.5) is 0 Å². The zero-order valence-corrected chi connectivity index (χ0v) is 13.4. The third-order valence-electron chi connectivity index (χ3n) is 4.08. The summed E-state index contributed by atoms with van der Waals surface area (Å²) in [5.41, 5.74) is 2.19. The van der Waals surface area contributed by atoms with Crippen LogP contribution in [0.3, 0.4) is 0 Å². The van der Waals surface area contributed by atoms with E-state index in [-0.39, 0.29) is 24.8 Å². The van der Waals surface area contributed by atoms with Gasteiger partial charge in [0.1, 0.15) is 0 Å². The lowest BCUT2D eigenvalue weighted by atomic mass is 10.1. The number of aliphatic carboxylic acids is 1. The standard InChI is InChI=1S/C17H22N2O4/c1-11-3-5-13(6-4-11)9-19-10-14(7-15(19)20)16(21)18-8-12(2)17(22)23/h3-6,12,14H,7-10H2,1-2H3,(H,18,21)(H,22,23)/t12-,14+/m1/s1. The predicted octanol–water partition coefficient (Wildman–Crippen LogP) is 1.18. The Balaban J connectivity index is 1.87. The molecule has 0 radical (unpaired) electrons. The maximum atomic E-state index is 12.1. The highest BCUT2D eigenvalue weighted by Crippen LogP contribution is 2.20. The SMILES string of the molecule is Cc1ccc(CN2C[C@@H](C(=O)NC[C@@H](C)C(=O)O)CC2=O)cc1. The fourth-order valence-corrected chi connectivity index (χ4v) is 2.50. The topological polar surface area (TPSA) is 86.7 Å². The molecule has 2 N–H and O–H groups in total. The van der Waals surface area contributed by atoms with Crippen molar-refractivity contribution in [3.63, 3.8) is 0 Å². The Morgan fingerprint density at radius 1 is 1.35 bits per heavy atom. The van der Waals surface area contributed by atoms with E-state index in [1.54, 1.807) is 4.90 Å². The monoisotopic (exact) mass is 318 g/mol. The largest absolute Gasteiger partial charge is 0.481 e. The van der Waals surface area contributed by atoms with Gasteiger partial charge in [0.15, 0.2) is 0 Å². The van der Waals surface area contributed by atoms with E-state index in [0.29, 0.717) is 13.1 Å². The molecule has 1 aliphatic heterocycles. The van der Waals surface area contributed by atoms with Gasteiger partial charge < -0.3 is 15.3 Å². The third kappa shape index (κ3) is 4.55. The van der Waals surface area contributed by atoms with Gasteiger partial charge in [0.05, 0.1) is 11.8 Å². The minimum absolute atomic E-state index is 0.0444. The van der Waals surface area contributed by atoms with Gasteiger partial charge >= 0.3 is 5.97 Å². The van der Waals surface area contributed by atoms with Crippen molar-refractivity contribution >= 4 is 17.8 Å². The van der Waals surface area contributed by atoms with E-state index in [9.17, 15) is 14.4 Å². The zero-order valence-electron chi connectivity index (χ0n) is 13.4. The number of carbonyl (C=O) groups excluding carboxylic acids is 2. The van der Waals surface area contributed by atoms with Crippen LogP contribution in [0.1, 0.15) is 24.5 Å². The smallest absolute Gasteiger partial charge is 0.308 e. The molecule has 2 atom stereocenters. The Bertz CT molecular complexity index is 597. The molecule has 1 fully saturated rings. The molecule has 2 amide bonds. The first-order valence-electron chi connectivity index (χ1n) is 7.70. The number of hydrogen-bond acceptors (Lipinski definition) is 3. The van der Waals surface area contributed by atoms with Gasteiger partial charge in [-0.25, -0.2) is 0 Å². The van der Waals surface area contributed by atoms with E-state index in [0.717, 1.165) is 11.1 Å². The molecule has 1 aromatic carbocycles. The maximum absolute atomic E-state index is 12.1. The van der Waals surface area contributed by atoms with Gasteiger partial charge in [-0.15, -0.1) is 0 Å². The molecule has 1 saturated heterocycles. The summed E-state index contributed by atoms with van der Waals surface area (Å²) < 4.78 is 0. The molecular formula is C17H22N2O4. The molecule has 124 valence electrons. The van der Waals surface area contributed by atoms with Gasteiger partial charge in [-0.05, 0) is 12.5 Å². The number of nitrogens with zero attached hydrogens (tertiary/aromatic N) is 1. The molecule has 1 aromatic rings. The fraction of sp³-hybridized carbons (Fsp3) is 0.471. The van der Waals surface area contributed by atoms with Gasteiger partial charge in [-0.1, -0.05) is 36.8 Å². The van der Waals surface area contributed by atoms with E-state index < -0.39 is 17.8 Å². The van der Waals surface area contributed by atoms with Crippen molar-refractivity contribution in [2.45, 2.75) is 26.8 Å². The lowest BCUT2D eigenvalue weighted by Crippen LogP contribution is -2.36. The van der Waals surface area contributed by atoms with Crippen LogP contribution in [0.25, 0.3) is 0 Å². The number of likely N-dealkylation sites (tertiary alicyclic amines) is 1. The molecule has 0 aliphatic carbocycles. The lowest BCUT2D eigenvalue weighted by molar-refractivity contribution is -0.141. The summed E-state index contributed by atoms with van der Waals surface area (Å²) in [5.74, 6) is -2.29. The van der Waals surface area contributed by atoms with Crippen molar-refractivity contribution in [1.29, 1.82) is 0 Å². The summed E-state index contributed by atoms with van der Waals surface area (Å²) in [6, 6.07) is 7.94. The summed E-state index contributed by atoms with van der Waals surface area (Å²) >= 11 is 0. The van der Waals surface area contributed by atoms with Crippen molar-refractivity contribution in [3.8, 4) is 0 Å². The molecule has 0 saturated carbocycles. The van der Waals surface area contributed by atoms with E-state index in [2.05, 4.69) is 5.32 Å². The van der Waals surface area contributed by atoms with Crippen molar-refractivity contribution in [2.24, 2.45) is 11.8 Å². The van der Waals surface area contributed by atoms with E-state index in [1.807, 2.05) is 31.2 Å². The van der Waals surface area contributed by atoms with E-state index in [1.165, 1.54) is 6.92 Å². The minimum atomic E-state index is -0.950. The summed E-state index contributed by atoms with van der Waals surface area (Å²) in [5, 5.41) is 11.4. The molecule has 6 heteroatoms. The summed E-state index contributed by atoms with van der Waals surface area (Å²) in [6.45, 7) is 4.49. The molecule has 0 bridgehead atoms. The van der Waals surface area contributed by atoms with Crippen molar-refractivity contribution in [2.75, 3.05) is 13.1 Å². The summed E-state index contributed by atoms with van der Waals surface area (Å²) in [7, 11) is 0. The highest BCUT2D eigenvalue weighted by Gasteiger charge is 2.34. The number of nitrogens with one attached hydrogen (secondary N) is 1. The van der Waals surface area contributed by atoms with Crippen LogP contribution in [0.2, 0.25) is 0 Å². The second kappa shape index (κ2) is 7.26. The Morgan fingerprint density at radius 2 is 2.00 bits per heavy atom. The number of benzene rings is 1. The Morgan fingerprint density at radius 3 is 2.61 bits per heavy atom. The lowest BCUT2D eigenvalue weighted by Gasteiger charge is -2.17. The number of carbonyl (C=O) groups is 3. The Kier molecular flexibility index (Phi) is 5.36. The van der Waals surface area contributed by atoms with Crippen molar-refractivity contribution in [1.82, 2.24) is 10.2 Å². The number of carboxylic acid groups (broad SMARTS) is 1. The second-order valence-electron chi connectivity index (χ2n) is 6.15. The first-order valence-corrected chi connectivity index (χ1v) is 7.70. The molecule has 6 nitrogen and oxygen atoms in total. The molecule has 0 spiro atoms. The van der Waals surface area contributed by atoms with Gasteiger partial charge in [0, 0.05) is 26.1 Å². The van der Waals surface area contributed by atoms with Gasteiger partial charge in [0.25, 0.3) is 0 Å². The third-order valence-corrected chi connectivity index (χ3v) is 4.08. The van der Waals surface area contributed by atoms with E-state index in [4.69, 9.17) is 5.11 Å². The maximum Gasteiger partial charge on any atom is 0.308 e. The molecule has 1 heterocycles. The first kappa shape index (κ1) is 17.0. The van der Waals surface area contributed by atoms with Gasteiger partial charge in [0.2, 0.25) is 11.8 Å². The number of aryl methyl sites for hydroxylation is 1. The molecular weight excluding hydrogens is 296 g/mol. The number of rotatable bonds is 6. The molecule has 23 heavy (non-hydrogen) atoms. The number of amides is 2. The number of carboxylic acids is 1. The van der Waals surface area contributed by atoms with E-state index >= 15 is 0 Å². The van der Waals surface area contributed by atoms with Gasteiger partial charge in [-0.2, -0.15) is 0 Å². The molecule has 0 aromatic heterocycles. The van der Waals surface area contributed by atoms with Crippen molar-refractivity contribution in [3.05, 3.63) is 35.4 Å². The molecule has 1 aliphatic rings. The average molecular weight is 318 g/mol. The highest BCUT2D eigenvalue weighted by atomic mass is 16.4. The van der Waals surface area contributed by atoms with Crippen LogP contribution in [0, 0.1) is 18.8 Å². The normalized spacial score (nSPS) is 18.8. The van der Waals surface area contributed by atoms with Crippen LogP contribution in [-0.2, 0) is 20.9 Å².